The molecular formula is C21H24N4O3. The predicted molar refractivity (Wildman–Crippen MR) is 102 cm³/mol. The first-order valence-electron chi connectivity index (χ1n) is 10.2. The Balaban J connectivity index is 1.42. The Labute approximate surface area is 163 Å². The zero-order valence-electron chi connectivity index (χ0n) is 16.1. The Morgan fingerprint density at radius 2 is 1.96 bits per heavy atom. The summed E-state index contributed by atoms with van der Waals surface area (Å²) in [5.41, 5.74) is 3.65. The summed E-state index contributed by atoms with van der Waals surface area (Å²) >= 11 is 0. The van der Waals surface area contributed by atoms with E-state index in [0.717, 1.165) is 48.5 Å². The van der Waals surface area contributed by atoms with Crippen molar-refractivity contribution in [2.75, 3.05) is 6.54 Å². The van der Waals surface area contributed by atoms with Crippen molar-refractivity contribution in [3.63, 3.8) is 0 Å². The molecule has 28 heavy (non-hydrogen) atoms. The monoisotopic (exact) mass is 380 g/mol. The van der Waals surface area contributed by atoms with E-state index >= 15 is 0 Å². The highest BCUT2D eigenvalue weighted by Gasteiger charge is 2.34. The van der Waals surface area contributed by atoms with E-state index < -0.39 is 0 Å². The van der Waals surface area contributed by atoms with E-state index in [9.17, 15) is 4.79 Å². The molecule has 1 aliphatic carbocycles. The van der Waals surface area contributed by atoms with Crippen molar-refractivity contribution in [2.45, 2.75) is 63.8 Å². The Hall–Kier alpha value is -2.70. The van der Waals surface area contributed by atoms with Gasteiger partial charge in [-0.05, 0) is 50.8 Å². The molecule has 0 radical (unpaired) electrons. The molecule has 2 fully saturated rings. The number of oxazole rings is 1. The molecule has 1 atom stereocenters. The van der Waals surface area contributed by atoms with E-state index in [-0.39, 0.29) is 11.9 Å². The largest absolute Gasteiger partial charge is 0.440 e. The highest BCUT2D eigenvalue weighted by atomic mass is 16.6. The van der Waals surface area contributed by atoms with Crippen LogP contribution in [-0.4, -0.2) is 32.6 Å². The first kappa shape index (κ1) is 17.4. The number of amides is 1. The molecule has 0 bridgehead atoms. The van der Waals surface area contributed by atoms with Crippen molar-refractivity contribution in [3.8, 4) is 0 Å². The second kappa shape index (κ2) is 7.04. The van der Waals surface area contributed by atoms with Crippen molar-refractivity contribution in [1.29, 1.82) is 0 Å². The fourth-order valence-electron chi connectivity index (χ4n) is 4.60. The number of benzene rings is 1. The summed E-state index contributed by atoms with van der Waals surface area (Å²) in [5.74, 6) is 1.22. The first-order chi connectivity index (χ1) is 13.7. The second-order valence-corrected chi connectivity index (χ2v) is 7.96. The molecular weight excluding hydrogens is 356 g/mol. The van der Waals surface area contributed by atoms with Crippen molar-refractivity contribution < 1.29 is 13.8 Å². The lowest BCUT2D eigenvalue weighted by atomic mass is 9.89. The molecule has 1 saturated heterocycles. The molecule has 2 aliphatic rings. The lowest BCUT2D eigenvalue weighted by molar-refractivity contribution is 0.0730. The number of likely N-dealkylation sites (tertiary alicyclic amines) is 1. The van der Waals surface area contributed by atoms with Gasteiger partial charge in [0, 0.05) is 18.0 Å². The first-order valence-corrected chi connectivity index (χ1v) is 10.2. The van der Waals surface area contributed by atoms with Crippen LogP contribution in [0.15, 0.2) is 27.2 Å². The van der Waals surface area contributed by atoms with Crippen LogP contribution in [0.3, 0.4) is 0 Å². The quantitative estimate of drug-likeness (QED) is 0.663. The average Bonchev–Trinajstić information content (AvgIpc) is 3.46. The number of carbonyl (C=O) groups is 1. The van der Waals surface area contributed by atoms with Gasteiger partial charge < -0.3 is 9.32 Å². The van der Waals surface area contributed by atoms with Gasteiger partial charge in [0.2, 0.25) is 0 Å². The summed E-state index contributed by atoms with van der Waals surface area (Å²) in [5, 5.41) is 7.89. The number of aryl methyl sites for hydroxylation is 1. The van der Waals surface area contributed by atoms with Crippen molar-refractivity contribution in [2.24, 2.45) is 0 Å². The lowest BCUT2D eigenvalue weighted by Crippen LogP contribution is -2.31. The summed E-state index contributed by atoms with van der Waals surface area (Å²) < 4.78 is 10.9. The molecule has 0 unspecified atom stereocenters. The zero-order valence-corrected chi connectivity index (χ0v) is 16.1. The Morgan fingerprint density at radius 3 is 2.75 bits per heavy atom. The second-order valence-electron chi connectivity index (χ2n) is 7.96. The number of nitrogens with zero attached hydrogens (tertiary/aromatic N) is 4. The van der Waals surface area contributed by atoms with Crippen molar-refractivity contribution in [3.05, 3.63) is 41.0 Å². The molecule has 1 aliphatic heterocycles. The summed E-state index contributed by atoms with van der Waals surface area (Å²) in [6.45, 7) is 2.57. The van der Waals surface area contributed by atoms with Crippen LogP contribution in [0.25, 0.3) is 11.1 Å². The third kappa shape index (κ3) is 2.99. The topological polar surface area (TPSA) is 85.3 Å². The van der Waals surface area contributed by atoms with Gasteiger partial charge in [-0.15, -0.1) is 0 Å². The van der Waals surface area contributed by atoms with Crippen LogP contribution in [0.5, 0.6) is 0 Å². The molecule has 0 N–H and O–H groups in total. The SMILES string of the molecule is Cc1nonc1[C@@H]1CCCN1C(=O)c1ccc2nc(C3CCCCC3)oc2c1. The van der Waals surface area contributed by atoms with Crippen molar-refractivity contribution in [1.82, 2.24) is 20.2 Å². The van der Waals surface area contributed by atoms with Crippen LogP contribution in [0.1, 0.15) is 84.5 Å². The molecule has 3 heterocycles. The van der Waals surface area contributed by atoms with Crippen molar-refractivity contribution >= 4 is 17.0 Å². The lowest BCUT2D eigenvalue weighted by Gasteiger charge is -2.23. The van der Waals surface area contributed by atoms with Gasteiger partial charge in [0.25, 0.3) is 5.91 Å². The standard InChI is InChI=1S/C21H24N4O3/c1-13-19(24-28-23-13)17-8-5-11-25(17)21(26)15-9-10-16-18(12-15)27-20(22-16)14-6-3-2-4-7-14/h9-10,12,14,17H,2-8,11H2,1H3/t17-/m0/s1. The molecule has 2 aromatic heterocycles. The molecule has 1 aromatic carbocycles. The Bertz CT molecular complexity index is 1000. The van der Waals surface area contributed by atoms with E-state index in [4.69, 9.17) is 9.05 Å². The van der Waals surface area contributed by atoms with Gasteiger partial charge in [-0.25, -0.2) is 9.61 Å². The molecule has 1 saturated carbocycles. The van der Waals surface area contributed by atoms with E-state index in [0.29, 0.717) is 23.6 Å². The molecule has 0 spiro atoms. The minimum Gasteiger partial charge on any atom is -0.440 e. The minimum absolute atomic E-state index is 0.0117. The number of carbonyl (C=O) groups excluding carboxylic acids is 1. The number of aromatic nitrogens is 3. The number of rotatable bonds is 3. The van der Waals surface area contributed by atoms with Gasteiger partial charge >= 0.3 is 0 Å². The summed E-state index contributed by atoms with van der Waals surface area (Å²) in [7, 11) is 0. The third-order valence-corrected chi connectivity index (χ3v) is 6.12. The number of hydrogen-bond acceptors (Lipinski definition) is 6. The molecule has 5 rings (SSSR count). The van der Waals surface area contributed by atoms with Crippen LogP contribution in [0, 0.1) is 6.92 Å². The molecule has 7 nitrogen and oxygen atoms in total. The molecule has 1 amide bonds. The molecule has 3 aromatic rings. The fourth-order valence-corrected chi connectivity index (χ4v) is 4.60. The normalized spacial score (nSPS) is 20.9. The van der Waals surface area contributed by atoms with Gasteiger partial charge in [-0.2, -0.15) is 0 Å². The maximum absolute atomic E-state index is 13.2. The molecule has 7 heteroatoms. The van der Waals surface area contributed by atoms with Crippen LogP contribution in [0.2, 0.25) is 0 Å². The highest BCUT2D eigenvalue weighted by Crippen LogP contribution is 2.35. The van der Waals surface area contributed by atoms with E-state index in [1.54, 1.807) is 0 Å². The average molecular weight is 380 g/mol. The minimum atomic E-state index is -0.0815. The van der Waals surface area contributed by atoms with Crippen LogP contribution >= 0.6 is 0 Å². The molecule has 146 valence electrons. The van der Waals surface area contributed by atoms with Gasteiger partial charge in [-0.1, -0.05) is 29.6 Å². The summed E-state index contributed by atoms with van der Waals surface area (Å²) in [6.07, 6.45) is 7.86. The zero-order chi connectivity index (χ0) is 19.1. The summed E-state index contributed by atoms with van der Waals surface area (Å²) in [6, 6.07) is 5.50. The summed E-state index contributed by atoms with van der Waals surface area (Å²) in [4.78, 5) is 19.7. The Morgan fingerprint density at radius 1 is 1.11 bits per heavy atom. The van der Waals surface area contributed by atoms with E-state index in [1.807, 2.05) is 30.0 Å². The van der Waals surface area contributed by atoms with Gasteiger partial charge in [-0.3, -0.25) is 4.79 Å². The van der Waals surface area contributed by atoms with Crippen LogP contribution in [0.4, 0.5) is 0 Å². The van der Waals surface area contributed by atoms with E-state index in [1.165, 1.54) is 19.3 Å². The van der Waals surface area contributed by atoms with Crippen LogP contribution in [-0.2, 0) is 0 Å². The van der Waals surface area contributed by atoms with E-state index in [2.05, 4.69) is 15.3 Å². The predicted octanol–water partition coefficient (Wildman–Crippen LogP) is 4.54. The van der Waals surface area contributed by atoms with Crippen LogP contribution < -0.4 is 0 Å². The maximum Gasteiger partial charge on any atom is 0.254 e. The number of fused-ring (bicyclic) bond motifs is 1. The van der Waals surface area contributed by atoms with Gasteiger partial charge in [0.15, 0.2) is 11.5 Å². The fraction of sp³-hybridized carbons (Fsp3) is 0.524. The number of hydrogen-bond donors (Lipinski definition) is 0. The maximum atomic E-state index is 13.2. The third-order valence-electron chi connectivity index (χ3n) is 6.12. The highest BCUT2D eigenvalue weighted by molar-refractivity contribution is 5.97. The Kier molecular flexibility index (Phi) is 4.37. The smallest absolute Gasteiger partial charge is 0.254 e. The van der Waals surface area contributed by atoms with Gasteiger partial charge in [0.05, 0.1) is 6.04 Å². The van der Waals surface area contributed by atoms with Gasteiger partial charge in [0.1, 0.15) is 16.9 Å².